The van der Waals surface area contributed by atoms with Gasteiger partial charge in [0.1, 0.15) is 6.61 Å². The summed E-state index contributed by atoms with van der Waals surface area (Å²) in [5.74, 6) is -0.569. The van der Waals surface area contributed by atoms with Crippen molar-refractivity contribution in [3.63, 3.8) is 0 Å². The van der Waals surface area contributed by atoms with Crippen molar-refractivity contribution in [2.24, 2.45) is 0 Å². The first-order chi connectivity index (χ1) is 43.6. The van der Waals surface area contributed by atoms with Crippen LogP contribution in [-0.4, -0.2) is 36.4 Å². The van der Waals surface area contributed by atoms with Gasteiger partial charge >= 0.3 is 11.9 Å². The average Bonchev–Trinajstić information content (AvgIpc) is 3.56. The Morgan fingerprint density at radius 1 is 0.261 bits per heavy atom. The number of ether oxygens (including phenoxy) is 2. The molecular formula is C83H148O5. The number of unbranched alkanes of at least 4 members (excludes halogenated alkanes) is 48. The zero-order chi connectivity index (χ0) is 63.3. The van der Waals surface area contributed by atoms with E-state index < -0.39 is 6.10 Å². The second kappa shape index (κ2) is 78.1. The molecule has 0 fully saturated rings. The Balaban J connectivity index is 3.38. The van der Waals surface area contributed by atoms with Gasteiger partial charge in [-0.1, -0.05) is 394 Å². The summed E-state index contributed by atoms with van der Waals surface area (Å²) in [5.41, 5.74) is 0. The Labute approximate surface area is 548 Å². The Hall–Kier alpha value is -3.18. The Kier molecular flexibility index (Phi) is 75.2. The van der Waals surface area contributed by atoms with Crippen LogP contribution in [0.1, 0.15) is 399 Å². The number of aliphatic hydroxyl groups is 1. The molecule has 0 aromatic heterocycles. The average molecular weight is 1230 g/mol. The monoisotopic (exact) mass is 1230 g/mol. The number of hydrogen-bond acceptors (Lipinski definition) is 5. The highest BCUT2D eigenvalue weighted by atomic mass is 16.6. The van der Waals surface area contributed by atoms with E-state index in [-0.39, 0.29) is 25.2 Å². The molecule has 0 saturated heterocycles. The molecule has 0 aromatic rings. The first-order valence-electron chi connectivity index (χ1n) is 38.8. The zero-order valence-electron chi connectivity index (χ0n) is 58.7. The minimum absolute atomic E-state index is 0.0619. The van der Waals surface area contributed by atoms with Gasteiger partial charge in [0.15, 0.2) is 6.10 Å². The lowest BCUT2D eigenvalue weighted by Crippen LogP contribution is -2.28. The van der Waals surface area contributed by atoms with Crippen molar-refractivity contribution in [2.45, 2.75) is 405 Å². The molecule has 0 saturated carbocycles. The van der Waals surface area contributed by atoms with Crippen LogP contribution in [0.15, 0.2) is 97.2 Å². The van der Waals surface area contributed by atoms with E-state index in [1.54, 1.807) is 0 Å². The SMILES string of the molecule is CC/C=C\C/C=C\C/C=C\C/C=C\CCCCCCCCCCCCCCCCCCCCCCCCCCCCCCC(=O)OC(CO)COC(=O)CCCCCCCCCCCCCCCCCCCCCC/C=C\C/C=C\C/C=C\C/C=C\CC. The summed E-state index contributed by atoms with van der Waals surface area (Å²) in [6.07, 6.45) is 112. The van der Waals surface area contributed by atoms with Gasteiger partial charge in [-0.05, 0) is 89.9 Å². The van der Waals surface area contributed by atoms with Crippen LogP contribution in [0.25, 0.3) is 0 Å². The molecule has 0 aliphatic rings. The van der Waals surface area contributed by atoms with E-state index in [1.165, 1.54) is 283 Å². The lowest BCUT2D eigenvalue weighted by molar-refractivity contribution is -0.161. The molecule has 88 heavy (non-hydrogen) atoms. The molecule has 1 N–H and O–H groups in total. The lowest BCUT2D eigenvalue weighted by Gasteiger charge is -2.15. The van der Waals surface area contributed by atoms with Gasteiger partial charge in [-0.2, -0.15) is 0 Å². The summed E-state index contributed by atoms with van der Waals surface area (Å²) in [6.45, 7) is 3.97. The molecule has 5 nitrogen and oxygen atoms in total. The van der Waals surface area contributed by atoms with E-state index >= 15 is 0 Å². The van der Waals surface area contributed by atoms with E-state index in [1.807, 2.05) is 0 Å². The van der Waals surface area contributed by atoms with E-state index in [0.717, 1.165) is 89.9 Å². The quantitative estimate of drug-likeness (QED) is 0.0373. The van der Waals surface area contributed by atoms with Gasteiger partial charge in [-0.25, -0.2) is 0 Å². The first-order valence-corrected chi connectivity index (χ1v) is 38.8. The summed E-state index contributed by atoms with van der Waals surface area (Å²) in [5, 5.41) is 9.73. The number of esters is 2. The predicted molar refractivity (Wildman–Crippen MR) is 389 cm³/mol. The standard InChI is InChI=1S/C83H148O5/c1-3-5-7-9-11-13-15-17-19-21-23-25-27-29-31-33-35-37-38-39-40-41-42-43-44-46-48-50-52-54-56-58-60-62-64-66-68-70-72-74-76-78-83(86)88-81(79-84)80-87-82(85)77-75-73-71-69-67-65-63-61-59-57-55-53-51-49-47-45-36-34-32-30-28-26-24-22-20-18-16-14-12-10-8-6-4-2/h5-8,11-14,17-20,23-26,81,84H,3-4,9-10,15-16,21-22,27-80H2,1-2H3/b7-5-,8-6-,13-11-,14-12-,19-17-,20-18-,25-23-,26-24-. The van der Waals surface area contributed by atoms with Crippen LogP contribution in [0.5, 0.6) is 0 Å². The highest BCUT2D eigenvalue weighted by Gasteiger charge is 2.16. The molecule has 0 radical (unpaired) electrons. The smallest absolute Gasteiger partial charge is 0.306 e. The number of aliphatic hydroxyl groups excluding tert-OH is 1. The summed E-state index contributed by atoms with van der Waals surface area (Å²) < 4.78 is 10.8. The summed E-state index contributed by atoms with van der Waals surface area (Å²) in [6, 6.07) is 0. The van der Waals surface area contributed by atoms with Crippen molar-refractivity contribution in [2.75, 3.05) is 13.2 Å². The van der Waals surface area contributed by atoms with Crippen LogP contribution in [0.3, 0.4) is 0 Å². The second-order valence-corrected chi connectivity index (χ2v) is 26.0. The van der Waals surface area contributed by atoms with Crippen LogP contribution in [0.4, 0.5) is 0 Å². The Morgan fingerprint density at radius 3 is 0.682 bits per heavy atom. The predicted octanol–water partition coefficient (Wildman–Crippen LogP) is 27.3. The molecule has 0 aliphatic carbocycles. The molecule has 5 heteroatoms. The number of hydrogen-bond donors (Lipinski definition) is 1. The van der Waals surface area contributed by atoms with Crippen molar-refractivity contribution in [1.82, 2.24) is 0 Å². The largest absolute Gasteiger partial charge is 0.462 e. The topological polar surface area (TPSA) is 72.8 Å². The van der Waals surface area contributed by atoms with Gasteiger partial charge in [0.25, 0.3) is 0 Å². The summed E-state index contributed by atoms with van der Waals surface area (Å²) in [7, 11) is 0. The van der Waals surface area contributed by atoms with Crippen LogP contribution >= 0.6 is 0 Å². The fraction of sp³-hybridized carbons (Fsp3) is 0.783. The van der Waals surface area contributed by atoms with Crippen LogP contribution in [-0.2, 0) is 19.1 Å². The van der Waals surface area contributed by atoms with Crippen molar-refractivity contribution < 1.29 is 24.2 Å². The maximum absolute atomic E-state index is 12.4. The second-order valence-electron chi connectivity index (χ2n) is 26.0. The minimum Gasteiger partial charge on any atom is -0.462 e. The molecular weight excluding hydrogens is 1080 g/mol. The van der Waals surface area contributed by atoms with E-state index in [9.17, 15) is 14.7 Å². The molecule has 510 valence electrons. The molecule has 0 rings (SSSR count). The van der Waals surface area contributed by atoms with Gasteiger partial charge in [0.2, 0.25) is 0 Å². The van der Waals surface area contributed by atoms with Gasteiger partial charge < -0.3 is 14.6 Å². The molecule has 0 aliphatic heterocycles. The normalized spacial score (nSPS) is 12.7. The van der Waals surface area contributed by atoms with Crippen molar-refractivity contribution in [3.8, 4) is 0 Å². The van der Waals surface area contributed by atoms with Crippen molar-refractivity contribution >= 4 is 11.9 Å². The lowest BCUT2D eigenvalue weighted by atomic mass is 10.0. The zero-order valence-corrected chi connectivity index (χ0v) is 58.7. The molecule has 0 aromatic carbocycles. The minimum atomic E-state index is -0.773. The van der Waals surface area contributed by atoms with Crippen molar-refractivity contribution in [1.29, 1.82) is 0 Å². The fourth-order valence-electron chi connectivity index (χ4n) is 11.7. The summed E-state index contributed by atoms with van der Waals surface area (Å²) in [4.78, 5) is 24.7. The first kappa shape index (κ1) is 84.8. The number of rotatable bonds is 72. The Morgan fingerprint density at radius 2 is 0.455 bits per heavy atom. The van der Waals surface area contributed by atoms with E-state index in [4.69, 9.17) is 9.47 Å². The van der Waals surface area contributed by atoms with Crippen molar-refractivity contribution in [3.05, 3.63) is 97.2 Å². The Bertz CT molecular complexity index is 1630. The molecule has 0 spiro atoms. The van der Waals surface area contributed by atoms with Crippen LogP contribution in [0, 0.1) is 0 Å². The van der Waals surface area contributed by atoms with Gasteiger partial charge in [0.05, 0.1) is 6.61 Å². The third-order valence-electron chi connectivity index (χ3n) is 17.4. The third-order valence-corrected chi connectivity index (χ3v) is 17.4. The molecule has 0 heterocycles. The van der Waals surface area contributed by atoms with Crippen LogP contribution < -0.4 is 0 Å². The highest BCUT2D eigenvalue weighted by Crippen LogP contribution is 2.19. The van der Waals surface area contributed by atoms with Gasteiger partial charge in [-0.3, -0.25) is 9.59 Å². The molecule has 0 bridgehead atoms. The fourth-order valence-corrected chi connectivity index (χ4v) is 11.7. The molecule has 1 atom stereocenters. The third kappa shape index (κ3) is 75.3. The van der Waals surface area contributed by atoms with Gasteiger partial charge in [-0.15, -0.1) is 0 Å². The summed E-state index contributed by atoms with van der Waals surface area (Å²) >= 11 is 0. The van der Waals surface area contributed by atoms with E-state index in [0.29, 0.717) is 12.8 Å². The molecule has 0 amide bonds. The number of carbonyl (C=O) groups excluding carboxylic acids is 2. The van der Waals surface area contributed by atoms with E-state index in [2.05, 4.69) is 111 Å². The maximum atomic E-state index is 12.4. The highest BCUT2D eigenvalue weighted by molar-refractivity contribution is 5.70. The molecule has 1 unspecified atom stereocenters. The number of allylic oxidation sites excluding steroid dienone is 16. The number of carbonyl (C=O) groups is 2. The maximum Gasteiger partial charge on any atom is 0.306 e. The van der Waals surface area contributed by atoms with Gasteiger partial charge in [0, 0.05) is 12.8 Å². The van der Waals surface area contributed by atoms with Crippen LogP contribution in [0.2, 0.25) is 0 Å².